The zero-order chi connectivity index (χ0) is 13.5. The minimum atomic E-state index is -1.30. The highest BCUT2D eigenvalue weighted by Crippen LogP contribution is 2.10. The van der Waals surface area contributed by atoms with Gasteiger partial charge < -0.3 is 15.7 Å². The third kappa shape index (κ3) is 4.14. The van der Waals surface area contributed by atoms with E-state index in [-0.39, 0.29) is 18.0 Å². The third-order valence-electron chi connectivity index (χ3n) is 2.25. The van der Waals surface area contributed by atoms with Gasteiger partial charge in [0.15, 0.2) is 0 Å². The van der Waals surface area contributed by atoms with Crippen LogP contribution in [-0.4, -0.2) is 30.1 Å². The lowest BCUT2D eigenvalue weighted by atomic mass is 10.1. The molecule has 0 fully saturated rings. The number of aromatic carboxylic acids is 1. The monoisotopic (exact) mass is 254 g/mol. The van der Waals surface area contributed by atoms with Crippen molar-refractivity contribution < 1.29 is 19.1 Å². The summed E-state index contributed by atoms with van der Waals surface area (Å²) in [6.45, 7) is 2.81. The van der Waals surface area contributed by atoms with Crippen LogP contribution in [0.5, 0.6) is 0 Å². The van der Waals surface area contributed by atoms with Crippen LogP contribution >= 0.6 is 0 Å². The maximum Gasteiger partial charge on any atom is 0.338 e. The van der Waals surface area contributed by atoms with Crippen LogP contribution < -0.4 is 10.6 Å². The van der Waals surface area contributed by atoms with Crippen LogP contribution in [0, 0.1) is 5.82 Å². The first-order valence-electron chi connectivity index (χ1n) is 5.53. The van der Waals surface area contributed by atoms with E-state index in [4.69, 9.17) is 5.11 Å². The molecule has 1 rings (SSSR count). The first-order valence-corrected chi connectivity index (χ1v) is 5.53. The Labute approximate surface area is 104 Å². The Hall–Kier alpha value is -1.95. The number of hydrogen-bond donors (Lipinski definition) is 3. The van der Waals surface area contributed by atoms with Crippen LogP contribution in [0.15, 0.2) is 18.2 Å². The lowest BCUT2D eigenvalue weighted by Crippen LogP contribution is -2.33. The molecule has 0 heterocycles. The molecule has 6 heteroatoms. The van der Waals surface area contributed by atoms with Crippen LogP contribution in [0.1, 0.15) is 22.8 Å². The lowest BCUT2D eigenvalue weighted by Gasteiger charge is -2.06. The molecule has 3 N–H and O–H groups in total. The number of carbonyl (C=O) groups is 2. The van der Waals surface area contributed by atoms with Crippen LogP contribution in [0.3, 0.4) is 0 Å². The Kier molecular flexibility index (Phi) is 5.26. The highest BCUT2D eigenvalue weighted by Gasteiger charge is 2.10. The van der Waals surface area contributed by atoms with E-state index in [0.717, 1.165) is 6.07 Å². The van der Waals surface area contributed by atoms with E-state index in [1.54, 1.807) is 0 Å². The molecule has 0 spiro atoms. The van der Waals surface area contributed by atoms with Crippen LogP contribution in [0.25, 0.3) is 0 Å². The number of carboxylic acids is 1. The highest BCUT2D eigenvalue weighted by molar-refractivity contribution is 5.87. The Morgan fingerprint density at radius 3 is 2.67 bits per heavy atom. The summed E-state index contributed by atoms with van der Waals surface area (Å²) >= 11 is 0. The average molecular weight is 254 g/mol. The number of benzene rings is 1. The van der Waals surface area contributed by atoms with Crippen LogP contribution in [0.2, 0.25) is 0 Å². The number of carbonyl (C=O) groups excluding carboxylic acids is 1. The van der Waals surface area contributed by atoms with Crippen molar-refractivity contribution >= 4 is 11.9 Å². The molecule has 0 atom stereocenters. The van der Waals surface area contributed by atoms with Crippen molar-refractivity contribution in [2.45, 2.75) is 13.5 Å². The van der Waals surface area contributed by atoms with Gasteiger partial charge in [0.2, 0.25) is 5.91 Å². The minimum absolute atomic E-state index is 0.135. The summed E-state index contributed by atoms with van der Waals surface area (Å²) in [7, 11) is 0. The SMILES string of the molecule is CCNC(=O)CNCc1ccc(C(=O)O)c(F)c1. The Bertz CT molecular complexity index is 449. The molecule has 0 bridgehead atoms. The Morgan fingerprint density at radius 2 is 2.11 bits per heavy atom. The van der Waals surface area contributed by atoms with Gasteiger partial charge in [-0.3, -0.25) is 4.79 Å². The summed E-state index contributed by atoms with van der Waals surface area (Å²) in [6.07, 6.45) is 0. The predicted molar refractivity (Wildman–Crippen MR) is 63.7 cm³/mol. The standard InChI is InChI=1S/C12H15FN2O3/c1-2-15-11(16)7-14-6-8-3-4-9(12(17)18)10(13)5-8/h3-5,14H,2,6-7H2,1H3,(H,15,16)(H,17,18). The van der Waals surface area contributed by atoms with E-state index in [1.807, 2.05) is 6.92 Å². The van der Waals surface area contributed by atoms with Gasteiger partial charge >= 0.3 is 5.97 Å². The first-order chi connectivity index (χ1) is 8.54. The van der Waals surface area contributed by atoms with Gasteiger partial charge in [-0.15, -0.1) is 0 Å². The van der Waals surface area contributed by atoms with E-state index in [9.17, 15) is 14.0 Å². The molecule has 1 aromatic rings. The average Bonchev–Trinajstić information content (AvgIpc) is 2.29. The van der Waals surface area contributed by atoms with Gasteiger partial charge in [-0.1, -0.05) is 6.07 Å². The zero-order valence-corrected chi connectivity index (χ0v) is 10.00. The number of halogens is 1. The summed E-state index contributed by atoms with van der Waals surface area (Å²) in [5.41, 5.74) is 0.226. The first kappa shape index (κ1) is 14.1. The molecular formula is C12H15FN2O3. The molecule has 0 aliphatic rings. The summed E-state index contributed by atoms with van der Waals surface area (Å²) < 4.78 is 13.3. The Morgan fingerprint density at radius 1 is 1.39 bits per heavy atom. The molecule has 98 valence electrons. The normalized spacial score (nSPS) is 10.1. The Balaban J connectivity index is 2.51. The van der Waals surface area contributed by atoms with Crippen molar-refractivity contribution in [2.75, 3.05) is 13.1 Å². The number of hydrogen-bond acceptors (Lipinski definition) is 3. The maximum absolute atomic E-state index is 13.3. The molecule has 0 saturated carbocycles. The van der Waals surface area contributed by atoms with Crippen LogP contribution in [0.4, 0.5) is 4.39 Å². The van der Waals surface area contributed by atoms with Gasteiger partial charge in [0, 0.05) is 13.1 Å². The maximum atomic E-state index is 13.3. The van der Waals surface area contributed by atoms with E-state index in [0.29, 0.717) is 18.7 Å². The van der Waals surface area contributed by atoms with E-state index in [2.05, 4.69) is 10.6 Å². The predicted octanol–water partition coefficient (Wildman–Crippen LogP) is 0.750. The number of likely N-dealkylation sites (N-methyl/N-ethyl adjacent to an activating group) is 1. The van der Waals surface area contributed by atoms with Gasteiger partial charge in [0.05, 0.1) is 12.1 Å². The summed E-state index contributed by atoms with van der Waals surface area (Å²) in [4.78, 5) is 21.7. The summed E-state index contributed by atoms with van der Waals surface area (Å²) in [6, 6.07) is 3.87. The molecule has 0 radical (unpaired) electrons. The summed E-state index contributed by atoms with van der Waals surface area (Å²) in [5, 5.41) is 14.1. The second-order valence-corrected chi connectivity index (χ2v) is 3.68. The molecule has 5 nitrogen and oxygen atoms in total. The van der Waals surface area contributed by atoms with Crippen molar-refractivity contribution in [1.82, 2.24) is 10.6 Å². The lowest BCUT2D eigenvalue weighted by molar-refractivity contribution is -0.120. The van der Waals surface area contributed by atoms with Crippen molar-refractivity contribution in [1.29, 1.82) is 0 Å². The highest BCUT2D eigenvalue weighted by atomic mass is 19.1. The number of nitrogens with one attached hydrogen (secondary N) is 2. The molecule has 1 aromatic carbocycles. The molecule has 0 saturated heterocycles. The van der Waals surface area contributed by atoms with Gasteiger partial charge in [-0.05, 0) is 24.6 Å². The fraction of sp³-hybridized carbons (Fsp3) is 0.333. The second-order valence-electron chi connectivity index (χ2n) is 3.68. The van der Waals surface area contributed by atoms with Crippen molar-refractivity contribution in [3.63, 3.8) is 0 Å². The van der Waals surface area contributed by atoms with Gasteiger partial charge in [0.1, 0.15) is 5.82 Å². The number of rotatable bonds is 6. The van der Waals surface area contributed by atoms with E-state index >= 15 is 0 Å². The summed E-state index contributed by atoms with van der Waals surface area (Å²) in [5.74, 6) is -2.21. The topological polar surface area (TPSA) is 78.4 Å². The smallest absolute Gasteiger partial charge is 0.338 e. The van der Waals surface area contributed by atoms with Crippen molar-refractivity contribution in [2.24, 2.45) is 0 Å². The molecule has 1 amide bonds. The molecule has 18 heavy (non-hydrogen) atoms. The molecule has 0 unspecified atom stereocenters. The zero-order valence-electron chi connectivity index (χ0n) is 10.00. The van der Waals surface area contributed by atoms with E-state index < -0.39 is 11.8 Å². The van der Waals surface area contributed by atoms with Gasteiger partial charge in [-0.25, -0.2) is 9.18 Å². The fourth-order valence-corrected chi connectivity index (χ4v) is 1.42. The number of carboxylic acid groups (broad SMARTS) is 1. The van der Waals surface area contributed by atoms with Gasteiger partial charge in [0.25, 0.3) is 0 Å². The van der Waals surface area contributed by atoms with E-state index in [1.165, 1.54) is 12.1 Å². The molecular weight excluding hydrogens is 239 g/mol. The largest absolute Gasteiger partial charge is 0.478 e. The van der Waals surface area contributed by atoms with Gasteiger partial charge in [-0.2, -0.15) is 0 Å². The van der Waals surface area contributed by atoms with Crippen molar-refractivity contribution in [3.8, 4) is 0 Å². The van der Waals surface area contributed by atoms with Crippen LogP contribution in [-0.2, 0) is 11.3 Å². The molecule has 0 aromatic heterocycles. The molecule has 0 aliphatic carbocycles. The van der Waals surface area contributed by atoms with Crippen molar-refractivity contribution in [3.05, 3.63) is 35.1 Å². The minimum Gasteiger partial charge on any atom is -0.478 e. The molecule has 0 aliphatic heterocycles. The number of amides is 1. The second kappa shape index (κ2) is 6.70. The fourth-order valence-electron chi connectivity index (χ4n) is 1.42. The third-order valence-corrected chi connectivity index (χ3v) is 2.25. The quantitative estimate of drug-likeness (QED) is 0.700.